The molecule has 0 saturated heterocycles. The zero-order valence-electron chi connectivity index (χ0n) is 14.9. The summed E-state index contributed by atoms with van der Waals surface area (Å²) in [6.07, 6.45) is 5.74. The number of hydrogen-bond acceptors (Lipinski definition) is 3. The van der Waals surface area contributed by atoms with Crippen molar-refractivity contribution < 1.29 is 14.3 Å². The van der Waals surface area contributed by atoms with Gasteiger partial charge in [-0.2, -0.15) is 0 Å². The molecule has 1 aliphatic heterocycles. The molecule has 4 nitrogen and oxygen atoms in total. The van der Waals surface area contributed by atoms with Crippen molar-refractivity contribution in [3.63, 3.8) is 0 Å². The highest BCUT2D eigenvalue weighted by Gasteiger charge is 2.28. The summed E-state index contributed by atoms with van der Waals surface area (Å²) in [6.45, 7) is 1.00. The number of nitrogens with one attached hydrogen (secondary N) is 1. The fraction of sp³-hybridized carbons (Fsp3) is 0.409. The van der Waals surface area contributed by atoms with Crippen LogP contribution in [0.15, 0.2) is 48.5 Å². The Balaban J connectivity index is 1.54. The number of carbonyl (C=O) groups is 1. The molecule has 0 bridgehead atoms. The summed E-state index contributed by atoms with van der Waals surface area (Å²) in [5.41, 5.74) is 1.83. The van der Waals surface area contributed by atoms with Gasteiger partial charge in [0.15, 0.2) is 11.5 Å². The summed E-state index contributed by atoms with van der Waals surface area (Å²) < 4.78 is 11.3. The maximum atomic E-state index is 13.0. The van der Waals surface area contributed by atoms with Crippen LogP contribution in [0, 0.1) is 5.92 Å². The second-order valence-electron chi connectivity index (χ2n) is 7.14. The van der Waals surface area contributed by atoms with Gasteiger partial charge in [0.05, 0.1) is 5.56 Å². The van der Waals surface area contributed by atoms with Gasteiger partial charge in [-0.25, -0.2) is 0 Å². The first-order valence-corrected chi connectivity index (χ1v) is 9.54. The molecule has 1 aliphatic carbocycles. The fourth-order valence-corrected chi connectivity index (χ4v) is 4.06. The van der Waals surface area contributed by atoms with E-state index in [4.69, 9.17) is 9.47 Å². The van der Waals surface area contributed by atoms with Gasteiger partial charge in [-0.15, -0.1) is 0 Å². The van der Waals surface area contributed by atoms with Gasteiger partial charge in [-0.3, -0.25) is 4.79 Å². The van der Waals surface area contributed by atoms with Crippen LogP contribution in [-0.2, 0) is 6.42 Å². The van der Waals surface area contributed by atoms with Gasteiger partial charge in [0, 0.05) is 6.04 Å². The summed E-state index contributed by atoms with van der Waals surface area (Å²) in [5, 5.41) is 3.30. The Morgan fingerprint density at radius 3 is 2.58 bits per heavy atom. The van der Waals surface area contributed by atoms with E-state index in [9.17, 15) is 4.79 Å². The number of fused-ring (bicyclic) bond motifs is 1. The van der Waals surface area contributed by atoms with Crippen molar-refractivity contribution in [3.8, 4) is 11.5 Å². The topological polar surface area (TPSA) is 47.6 Å². The molecule has 1 atom stereocenters. The number of ether oxygens (including phenoxy) is 2. The second kappa shape index (κ2) is 7.81. The van der Waals surface area contributed by atoms with Crippen molar-refractivity contribution in [1.82, 2.24) is 5.32 Å². The molecule has 0 spiro atoms. The molecular formula is C22H25NO3. The number of benzene rings is 2. The van der Waals surface area contributed by atoms with Gasteiger partial charge in [0.25, 0.3) is 5.91 Å². The van der Waals surface area contributed by atoms with Crippen LogP contribution in [0.4, 0.5) is 0 Å². The largest absolute Gasteiger partial charge is 0.486 e. The van der Waals surface area contributed by atoms with Crippen LogP contribution in [0.5, 0.6) is 11.5 Å². The van der Waals surface area contributed by atoms with E-state index in [2.05, 4.69) is 29.6 Å². The van der Waals surface area contributed by atoms with Crippen LogP contribution in [0.1, 0.15) is 41.6 Å². The van der Waals surface area contributed by atoms with Crippen LogP contribution in [0.3, 0.4) is 0 Å². The van der Waals surface area contributed by atoms with Crippen molar-refractivity contribution >= 4 is 5.91 Å². The Labute approximate surface area is 154 Å². The van der Waals surface area contributed by atoms with E-state index < -0.39 is 0 Å². The predicted molar refractivity (Wildman–Crippen MR) is 101 cm³/mol. The third-order valence-corrected chi connectivity index (χ3v) is 5.39. The molecule has 1 heterocycles. The van der Waals surface area contributed by atoms with E-state index >= 15 is 0 Å². The highest BCUT2D eigenvalue weighted by atomic mass is 16.6. The minimum atomic E-state index is -0.0693. The lowest BCUT2D eigenvalue weighted by molar-refractivity contribution is 0.0911. The van der Waals surface area contributed by atoms with Gasteiger partial charge < -0.3 is 14.8 Å². The van der Waals surface area contributed by atoms with Crippen LogP contribution < -0.4 is 14.8 Å². The predicted octanol–water partition coefficient (Wildman–Crippen LogP) is 3.99. The number of para-hydroxylation sites is 1. The molecule has 1 fully saturated rings. The third kappa shape index (κ3) is 3.69. The lowest BCUT2D eigenvalue weighted by Crippen LogP contribution is -2.41. The van der Waals surface area contributed by atoms with Crippen molar-refractivity contribution in [2.45, 2.75) is 38.1 Å². The lowest BCUT2D eigenvalue weighted by Gasteiger charge is -2.26. The zero-order valence-corrected chi connectivity index (χ0v) is 14.9. The molecule has 0 aromatic heterocycles. The quantitative estimate of drug-likeness (QED) is 0.886. The first-order valence-electron chi connectivity index (χ1n) is 9.54. The maximum absolute atomic E-state index is 13.0. The monoisotopic (exact) mass is 351 g/mol. The maximum Gasteiger partial charge on any atom is 0.255 e. The molecule has 0 radical (unpaired) electrons. The van der Waals surface area contributed by atoms with E-state index in [0.717, 1.165) is 6.42 Å². The van der Waals surface area contributed by atoms with Gasteiger partial charge in [-0.1, -0.05) is 49.2 Å². The van der Waals surface area contributed by atoms with Crippen LogP contribution in [-0.4, -0.2) is 25.2 Å². The number of amides is 1. The summed E-state index contributed by atoms with van der Waals surface area (Å²) in [7, 11) is 0. The Hall–Kier alpha value is -2.49. The summed E-state index contributed by atoms with van der Waals surface area (Å²) in [4.78, 5) is 13.0. The van der Waals surface area contributed by atoms with Gasteiger partial charge in [-0.05, 0) is 42.9 Å². The lowest BCUT2D eigenvalue weighted by atomic mass is 9.92. The number of hydrogen-bond donors (Lipinski definition) is 1. The Morgan fingerprint density at radius 1 is 1.00 bits per heavy atom. The smallest absolute Gasteiger partial charge is 0.255 e. The molecular weight excluding hydrogens is 326 g/mol. The van der Waals surface area contributed by atoms with Crippen LogP contribution in [0.2, 0.25) is 0 Å². The van der Waals surface area contributed by atoms with E-state index in [1.807, 2.05) is 24.3 Å². The van der Waals surface area contributed by atoms with E-state index in [1.165, 1.54) is 31.2 Å². The van der Waals surface area contributed by atoms with E-state index in [0.29, 0.717) is 36.2 Å². The number of carbonyl (C=O) groups excluding carboxylic acids is 1. The van der Waals surface area contributed by atoms with Gasteiger partial charge >= 0.3 is 0 Å². The molecule has 1 amide bonds. The molecule has 136 valence electrons. The summed E-state index contributed by atoms with van der Waals surface area (Å²) in [5.74, 6) is 1.70. The molecule has 2 aromatic rings. The molecule has 2 aromatic carbocycles. The average molecular weight is 351 g/mol. The van der Waals surface area contributed by atoms with E-state index in [1.54, 1.807) is 0 Å². The Kier molecular flexibility index (Phi) is 5.09. The molecule has 2 aliphatic rings. The molecule has 1 N–H and O–H groups in total. The highest BCUT2D eigenvalue weighted by molar-refractivity contribution is 5.98. The second-order valence-corrected chi connectivity index (χ2v) is 7.14. The molecule has 26 heavy (non-hydrogen) atoms. The van der Waals surface area contributed by atoms with Crippen LogP contribution >= 0.6 is 0 Å². The fourth-order valence-electron chi connectivity index (χ4n) is 4.06. The van der Waals surface area contributed by atoms with Crippen LogP contribution in [0.25, 0.3) is 0 Å². The first kappa shape index (κ1) is 17.0. The van der Waals surface area contributed by atoms with Gasteiger partial charge in [0.2, 0.25) is 0 Å². The zero-order chi connectivity index (χ0) is 17.8. The molecule has 4 rings (SSSR count). The molecule has 1 unspecified atom stereocenters. The minimum Gasteiger partial charge on any atom is -0.486 e. The Bertz CT molecular complexity index is 753. The normalized spacial score (nSPS) is 17.7. The average Bonchev–Trinajstić information content (AvgIpc) is 3.22. The molecule has 4 heteroatoms. The standard InChI is InChI=1S/C22H25NO3/c24-22(18-11-6-12-20-21(18)26-14-13-25-20)23-19(17-9-4-5-10-17)15-16-7-2-1-3-8-16/h1-3,6-8,11-12,17,19H,4-5,9-10,13-15H2,(H,23,24). The van der Waals surface area contributed by atoms with Crippen molar-refractivity contribution in [2.75, 3.05) is 13.2 Å². The highest BCUT2D eigenvalue weighted by Crippen LogP contribution is 2.34. The SMILES string of the molecule is O=C(NC(Cc1ccccc1)C1CCCC1)c1cccc2c1OCCO2. The third-order valence-electron chi connectivity index (χ3n) is 5.39. The summed E-state index contributed by atoms with van der Waals surface area (Å²) in [6, 6.07) is 16.1. The molecule has 1 saturated carbocycles. The van der Waals surface area contributed by atoms with E-state index in [-0.39, 0.29) is 11.9 Å². The van der Waals surface area contributed by atoms with Crippen molar-refractivity contribution in [2.24, 2.45) is 5.92 Å². The van der Waals surface area contributed by atoms with Crippen molar-refractivity contribution in [1.29, 1.82) is 0 Å². The first-order chi connectivity index (χ1) is 12.8. The minimum absolute atomic E-state index is 0.0693. The summed E-state index contributed by atoms with van der Waals surface area (Å²) >= 11 is 0. The van der Waals surface area contributed by atoms with Crippen molar-refractivity contribution in [3.05, 3.63) is 59.7 Å². The van der Waals surface area contributed by atoms with Gasteiger partial charge in [0.1, 0.15) is 13.2 Å². The Morgan fingerprint density at radius 2 is 1.77 bits per heavy atom. The number of rotatable bonds is 5.